The van der Waals surface area contributed by atoms with E-state index in [1.807, 2.05) is 0 Å². The topological polar surface area (TPSA) is 55.6 Å². The van der Waals surface area contributed by atoms with Crippen molar-refractivity contribution in [3.8, 4) is 5.75 Å². The van der Waals surface area contributed by atoms with Crippen LogP contribution in [0.1, 0.15) is 5.56 Å². The van der Waals surface area contributed by atoms with Crippen LogP contribution in [0.4, 0.5) is 4.79 Å². The second-order valence-electron chi connectivity index (χ2n) is 3.25. The van der Waals surface area contributed by atoms with Crippen molar-refractivity contribution < 1.29 is 9.53 Å². The predicted octanol–water partition coefficient (Wildman–Crippen LogP) is 2.51. The monoisotopic (exact) mass is 262 g/mol. The molecule has 0 unspecified atom stereocenters. The normalized spacial score (nSPS) is 10.0. The Hall–Kier alpha value is -1.13. The first kappa shape index (κ1) is 12.9. The fraction of sp³-hybridized carbons (Fsp3) is 0.300. The third-order valence-electron chi connectivity index (χ3n) is 2.13. The zero-order valence-electron chi connectivity index (χ0n) is 8.96. The highest BCUT2D eigenvalue weighted by molar-refractivity contribution is 6.43. The van der Waals surface area contributed by atoms with E-state index in [-0.39, 0.29) is 0 Å². The number of halogens is 2. The third kappa shape index (κ3) is 2.71. The highest BCUT2D eigenvalue weighted by Crippen LogP contribution is 2.34. The molecular formula is C10H12Cl2N2O2. The van der Waals surface area contributed by atoms with Crippen LogP contribution in [-0.2, 0) is 6.54 Å². The minimum Gasteiger partial charge on any atom is -0.495 e. The quantitative estimate of drug-likeness (QED) is 0.910. The molecule has 2 amide bonds. The van der Waals surface area contributed by atoms with Crippen LogP contribution in [0.3, 0.4) is 0 Å². The van der Waals surface area contributed by atoms with Crippen molar-refractivity contribution in [3.05, 3.63) is 27.7 Å². The number of amides is 2. The lowest BCUT2D eigenvalue weighted by atomic mass is 10.2. The number of hydrogen-bond acceptors (Lipinski definition) is 2. The largest absolute Gasteiger partial charge is 0.495 e. The zero-order chi connectivity index (χ0) is 12.3. The molecule has 0 radical (unpaired) electrons. The first-order valence-corrected chi connectivity index (χ1v) is 5.24. The van der Waals surface area contributed by atoms with E-state index >= 15 is 0 Å². The third-order valence-corrected chi connectivity index (χ3v) is 3.03. The molecule has 0 aromatic heterocycles. The van der Waals surface area contributed by atoms with E-state index in [9.17, 15) is 4.79 Å². The number of ether oxygens (including phenoxy) is 1. The summed E-state index contributed by atoms with van der Waals surface area (Å²) in [6.45, 7) is 0.303. The van der Waals surface area contributed by atoms with Crippen LogP contribution in [0.25, 0.3) is 0 Å². The molecule has 0 aliphatic carbocycles. The number of urea groups is 1. The Morgan fingerprint density at radius 2 is 2.06 bits per heavy atom. The summed E-state index contributed by atoms with van der Waals surface area (Å²) in [5.41, 5.74) is 5.83. The van der Waals surface area contributed by atoms with Gasteiger partial charge in [0, 0.05) is 13.6 Å². The Kier molecular flexibility index (Phi) is 4.26. The number of benzene rings is 1. The Balaban J connectivity index is 2.99. The Labute approximate surface area is 104 Å². The van der Waals surface area contributed by atoms with E-state index in [1.165, 1.54) is 12.0 Å². The summed E-state index contributed by atoms with van der Waals surface area (Å²) < 4.78 is 5.01. The van der Waals surface area contributed by atoms with Crippen molar-refractivity contribution in [2.75, 3.05) is 14.2 Å². The molecule has 16 heavy (non-hydrogen) atoms. The second-order valence-corrected chi connectivity index (χ2v) is 4.01. The van der Waals surface area contributed by atoms with E-state index in [0.29, 0.717) is 27.9 Å². The van der Waals surface area contributed by atoms with Crippen LogP contribution in [0.2, 0.25) is 10.0 Å². The molecule has 0 fully saturated rings. The van der Waals surface area contributed by atoms with E-state index < -0.39 is 6.03 Å². The summed E-state index contributed by atoms with van der Waals surface area (Å²) >= 11 is 12.0. The van der Waals surface area contributed by atoms with E-state index in [1.54, 1.807) is 19.2 Å². The molecule has 2 N–H and O–H groups in total. The van der Waals surface area contributed by atoms with E-state index in [0.717, 1.165) is 0 Å². The average molecular weight is 263 g/mol. The van der Waals surface area contributed by atoms with Gasteiger partial charge in [-0.05, 0) is 11.6 Å². The Morgan fingerprint density at radius 3 is 2.56 bits per heavy atom. The summed E-state index contributed by atoms with van der Waals surface area (Å²) in [6.07, 6.45) is 0. The molecule has 0 atom stereocenters. The van der Waals surface area contributed by atoms with Crippen molar-refractivity contribution in [1.29, 1.82) is 0 Å². The van der Waals surface area contributed by atoms with Gasteiger partial charge in [0.15, 0.2) is 0 Å². The van der Waals surface area contributed by atoms with Gasteiger partial charge in [-0.1, -0.05) is 29.3 Å². The second kappa shape index (κ2) is 5.27. The molecule has 1 aromatic carbocycles. The van der Waals surface area contributed by atoms with Gasteiger partial charge in [-0.15, -0.1) is 0 Å². The van der Waals surface area contributed by atoms with Gasteiger partial charge >= 0.3 is 6.03 Å². The maximum atomic E-state index is 10.9. The number of rotatable bonds is 3. The van der Waals surface area contributed by atoms with E-state index in [4.69, 9.17) is 33.7 Å². The number of nitrogens with zero attached hydrogens (tertiary/aromatic N) is 1. The molecule has 0 aliphatic heterocycles. The maximum Gasteiger partial charge on any atom is 0.314 e. The molecule has 88 valence electrons. The van der Waals surface area contributed by atoms with Crippen LogP contribution in [0.5, 0.6) is 5.75 Å². The highest BCUT2D eigenvalue weighted by atomic mass is 35.5. The number of nitrogens with two attached hydrogens (primary N) is 1. The van der Waals surface area contributed by atoms with E-state index in [2.05, 4.69) is 0 Å². The van der Waals surface area contributed by atoms with Crippen LogP contribution < -0.4 is 10.5 Å². The van der Waals surface area contributed by atoms with Crippen molar-refractivity contribution in [2.45, 2.75) is 6.54 Å². The fourth-order valence-corrected chi connectivity index (χ4v) is 1.66. The number of methoxy groups -OCH3 is 1. The van der Waals surface area contributed by atoms with Crippen molar-refractivity contribution in [2.24, 2.45) is 5.73 Å². The first-order valence-electron chi connectivity index (χ1n) is 4.48. The predicted molar refractivity (Wildman–Crippen MR) is 64.1 cm³/mol. The molecule has 1 aromatic rings. The van der Waals surface area contributed by atoms with Crippen LogP contribution in [0, 0.1) is 0 Å². The van der Waals surface area contributed by atoms with Crippen molar-refractivity contribution >= 4 is 29.2 Å². The molecule has 0 saturated heterocycles. The van der Waals surface area contributed by atoms with Crippen molar-refractivity contribution in [3.63, 3.8) is 0 Å². The molecule has 0 heterocycles. The fourth-order valence-electron chi connectivity index (χ4n) is 1.18. The summed E-state index contributed by atoms with van der Waals surface area (Å²) in [7, 11) is 3.09. The number of hydrogen-bond donors (Lipinski definition) is 1. The zero-order valence-corrected chi connectivity index (χ0v) is 10.5. The minimum atomic E-state index is -0.525. The van der Waals surface area contributed by atoms with Gasteiger partial charge in [0.2, 0.25) is 0 Å². The van der Waals surface area contributed by atoms with Gasteiger partial charge in [0.05, 0.1) is 12.1 Å². The Morgan fingerprint density at radius 1 is 1.44 bits per heavy atom. The van der Waals surface area contributed by atoms with Gasteiger partial charge in [0.1, 0.15) is 10.8 Å². The van der Waals surface area contributed by atoms with Gasteiger partial charge in [0.25, 0.3) is 0 Å². The van der Waals surface area contributed by atoms with Gasteiger partial charge in [-0.2, -0.15) is 0 Å². The number of carbonyl (C=O) groups excluding carboxylic acids is 1. The van der Waals surface area contributed by atoms with Gasteiger partial charge in [-0.25, -0.2) is 4.79 Å². The number of primary amides is 1. The molecule has 0 aliphatic rings. The van der Waals surface area contributed by atoms with Gasteiger partial charge in [-0.3, -0.25) is 0 Å². The summed E-state index contributed by atoms with van der Waals surface area (Å²) in [5.74, 6) is 0.497. The van der Waals surface area contributed by atoms with Crippen molar-refractivity contribution in [1.82, 2.24) is 4.90 Å². The SMILES string of the molecule is COc1ccc(CN(C)C(N)=O)c(Cl)c1Cl. The minimum absolute atomic E-state index is 0.303. The molecule has 4 nitrogen and oxygen atoms in total. The lowest BCUT2D eigenvalue weighted by Gasteiger charge is -2.16. The molecular weight excluding hydrogens is 251 g/mol. The number of carbonyl (C=O) groups is 1. The summed E-state index contributed by atoms with van der Waals surface area (Å²) in [4.78, 5) is 12.2. The van der Waals surface area contributed by atoms with Crippen LogP contribution in [0.15, 0.2) is 12.1 Å². The van der Waals surface area contributed by atoms with Crippen LogP contribution in [-0.4, -0.2) is 25.1 Å². The summed E-state index contributed by atoms with van der Waals surface area (Å²) in [5, 5.41) is 0.702. The standard InChI is InChI=1S/C10H12Cl2N2O2/c1-14(10(13)15)5-6-3-4-7(16-2)9(12)8(6)11/h3-4H,5H2,1-2H3,(H2,13,15). The highest BCUT2D eigenvalue weighted by Gasteiger charge is 2.13. The lowest BCUT2D eigenvalue weighted by Crippen LogP contribution is -2.31. The maximum absolute atomic E-state index is 10.9. The Bertz CT molecular complexity index is 410. The summed E-state index contributed by atoms with van der Waals surface area (Å²) in [6, 6.07) is 2.91. The molecule has 0 spiro atoms. The van der Waals surface area contributed by atoms with Crippen LogP contribution >= 0.6 is 23.2 Å². The molecule has 0 bridgehead atoms. The molecule has 6 heteroatoms. The first-order chi connectivity index (χ1) is 7.47. The smallest absolute Gasteiger partial charge is 0.314 e. The molecule has 0 saturated carbocycles. The lowest BCUT2D eigenvalue weighted by molar-refractivity contribution is 0.216. The molecule has 1 rings (SSSR count). The average Bonchev–Trinajstić information content (AvgIpc) is 2.25. The van der Waals surface area contributed by atoms with Gasteiger partial charge < -0.3 is 15.4 Å².